The van der Waals surface area contributed by atoms with Crippen LogP contribution >= 0.6 is 12.2 Å². The van der Waals surface area contributed by atoms with Gasteiger partial charge in [0.1, 0.15) is 6.61 Å². The van der Waals surface area contributed by atoms with E-state index in [0.717, 1.165) is 5.82 Å². The van der Waals surface area contributed by atoms with E-state index in [2.05, 4.69) is 31.0 Å². The summed E-state index contributed by atoms with van der Waals surface area (Å²) in [6.07, 6.45) is 0. The van der Waals surface area contributed by atoms with Crippen LogP contribution in [0.1, 0.15) is 26.6 Å². The molecule has 5 nitrogen and oxygen atoms in total. The van der Waals surface area contributed by atoms with Gasteiger partial charge in [-0.3, -0.25) is 9.67 Å². The lowest BCUT2D eigenvalue weighted by molar-refractivity contribution is 0.0557. The number of H-pyrrole nitrogens is 1. The van der Waals surface area contributed by atoms with Gasteiger partial charge in [0, 0.05) is 12.6 Å². The number of methoxy groups -OCH3 is 1. The maximum Gasteiger partial charge on any atom is 0.195 e. The summed E-state index contributed by atoms with van der Waals surface area (Å²) in [6.45, 7) is 7.82. The van der Waals surface area contributed by atoms with E-state index in [9.17, 15) is 0 Å². The number of aromatic nitrogens is 3. The summed E-state index contributed by atoms with van der Waals surface area (Å²) < 4.78 is 12.9. The van der Waals surface area contributed by atoms with Crippen LogP contribution in [0.15, 0.2) is 0 Å². The van der Waals surface area contributed by atoms with Gasteiger partial charge in [-0.15, -0.1) is 0 Å². The molecule has 0 aliphatic heterocycles. The fourth-order valence-corrected chi connectivity index (χ4v) is 1.85. The van der Waals surface area contributed by atoms with Crippen molar-refractivity contribution in [2.45, 2.75) is 32.9 Å². The molecule has 0 saturated heterocycles. The Hall–Kier alpha value is -0.720. The van der Waals surface area contributed by atoms with Crippen molar-refractivity contribution >= 4 is 12.2 Å². The largest absolute Gasteiger partial charge is 0.382 e. The Balaban J connectivity index is 2.70. The number of ether oxygens (including phenoxy) is 2. The predicted octanol–water partition coefficient (Wildman–Crippen LogP) is 1.86. The van der Waals surface area contributed by atoms with Crippen LogP contribution in [0.2, 0.25) is 0 Å². The second kappa shape index (κ2) is 5.56. The van der Waals surface area contributed by atoms with Crippen LogP contribution in [0, 0.1) is 4.77 Å². The van der Waals surface area contributed by atoms with Crippen molar-refractivity contribution in [3.63, 3.8) is 0 Å². The van der Waals surface area contributed by atoms with Crippen LogP contribution in [0.25, 0.3) is 0 Å². The summed E-state index contributed by atoms with van der Waals surface area (Å²) in [5.41, 5.74) is -0.0932. The Labute approximate surface area is 101 Å². The van der Waals surface area contributed by atoms with E-state index in [0.29, 0.717) is 24.6 Å². The van der Waals surface area contributed by atoms with Crippen molar-refractivity contribution in [1.82, 2.24) is 14.8 Å². The zero-order valence-corrected chi connectivity index (χ0v) is 11.1. The third-order valence-corrected chi connectivity index (χ3v) is 2.35. The van der Waals surface area contributed by atoms with Gasteiger partial charge in [0.25, 0.3) is 0 Å². The Morgan fingerprint density at radius 3 is 2.62 bits per heavy atom. The highest BCUT2D eigenvalue weighted by Crippen LogP contribution is 2.16. The predicted molar refractivity (Wildman–Crippen MR) is 63.9 cm³/mol. The van der Waals surface area contributed by atoms with E-state index < -0.39 is 0 Å². The summed E-state index contributed by atoms with van der Waals surface area (Å²) in [6, 6.07) is 0. The first-order valence-electron chi connectivity index (χ1n) is 5.20. The standard InChI is InChI=1S/C10H19N3O2S/c1-10(2,3)13-8(11-12-9(13)16)7-15-6-5-14-4/h5-7H2,1-4H3,(H,12,16). The minimum Gasteiger partial charge on any atom is -0.382 e. The summed E-state index contributed by atoms with van der Waals surface area (Å²) in [4.78, 5) is 0. The highest BCUT2D eigenvalue weighted by molar-refractivity contribution is 7.71. The minimum absolute atomic E-state index is 0.0932. The molecular weight excluding hydrogens is 226 g/mol. The first kappa shape index (κ1) is 13.3. The molecule has 1 N–H and O–H groups in total. The molecule has 92 valence electrons. The van der Waals surface area contributed by atoms with Gasteiger partial charge in [0.15, 0.2) is 10.6 Å². The molecule has 0 fully saturated rings. The van der Waals surface area contributed by atoms with Gasteiger partial charge in [-0.1, -0.05) is 0 Å². The Kier molecular flexibility index (Phi) is 4.64. The van der Waals surface area contributed by atoms with Gasteiger partial charge in [-0.25, -0.2) is 0 Å². The number of nitrogens with zero attached hydrogens (tertiary/aromatic N) is 2. The Bertz CT molecular complexity index is 378. The van der Waals surface area contributed by atoms with E-state index >= 15 is 0 Å². The minimum atomic E-state index is -0.0932. The first-order valence-corrected chi connectivity index (χ1v) is 5.61. The lowest BCUT2D eigenvalue weighted by Gasteiger charge is -2.22. The van der Waals surface area contributed by atoms with Crippen LogP contribution in [-0.2, 0) is 21.6 Å². The van der Waals surface area contributed by atoms with Gasteiger partial charge in [-0.2, -0.15) is 5.10 Å². The van der Waals surface area contributed by atoms with Gasteiger partial charge in [0.05, 0.1) is 13.2 Å². The normalized spacial score (nSPS) is 12.0. The molecule has 1 rings (SSSR count). The van der Waals surface area contributed by atoms with Gasteiger partial charge < -0.3 is 9.47 Å². The highest BCUT2D eigenvalue weighted by Gasteiger charge is 2.19. The first-order chi connectivity index (χ1) is 7.46. The molecule has 0 aliphatic carbocycles. The quantitative estimate of drug-likeness (QED) is 0.635. The van der Waals surface area contributed by atoms with E-state index in [4.69, 9.17) is 21.7 Å². The highest BCUT2D eigenvalue weighted by atomic mass is 32.1. The average molecular weight is 245 g/mol. The Morgan fingerprint density at radius 1 is 1.38 bits per heavy atom. The van der Waals surface area contributed by atoms with E-state index in [1.54, 1.807) is 7.11 Å². The third-order valence-electron chi connectivity index (χ3n) is 2.08. The monoisotopic (exact) mass is 245 g/mol. The molecule has 6 heteroatoms. The molecule has 16 heavy (non-hydrogen) atoms. The van der Waals surface area contributed by atoms with Crippen LogP contribution in [0.4, 0.5) is 0 Å². The third kappa shape index (κ3) is 3.40. The van der Waals surface area contributed by atoms with Crippen molar-refractivity contribution < 1.29 is 9.47 Å². The second-order valence-electron chi connectivity index (χ2n) is 4.50. The van der Waals surface area contributed by atoms with E-state index in [-0.39, 0.29) is 5.54 Å². The molecule has 0 radical (unpaired) electrons. The zero-order chi connectivity index (χ0) is 12.2. The molecule has 0 unspecified atom stereocenters. The van der Waals surface area contributed by atoms with Crippen LogP contribution in [-0.4, -0.2) is 35.1 Å². The summed E-state index contributed by atoms with van der Waals surface area (Å²) in [5.74, 6) is 0.814. The van der Waals surface area contributed by atoms with E-state index in [1.807, 2.05) is 4.57 Å². The van der Waals surface area contributed by atoms with Gasteiger partial charge >= 0.3 is 0 Å². The summed E-state index contributed by atoms with van der Waals surface area (Å²) >= 11 is 5.19. The lowest BCUT2D eigenvalue weighted by atomic mass is 10.1. The molecule has 1 aromatic heterocycles. The number of hydrogen-bond donors (Lipinski definition) is 1. The number of aromatic amines is 1. The molecule has 0 saturated carbocycles. The molecular formula is C10H19N3O2S. The lowest BCUT2D eigenvalue weighted by Crippen LogP contribution is -2.25. The topological polar surface area (TPSA) is 52.1 Å². The smallest absolute Gasteiger partial charge is 0.195 e. The summed E-state index contributed by atoms with van der Waals surface area (Å²) in [5, 5.41) is 6.95. The molecule has 1 heterocycles. The Morgan fingerprint density at radius 2 is 2.06 bits per heavy atom. The number of hydrogen-bond acceptors (Lipinski definition) is 4. The fraction of sp³-hybridized carbons (Fsp3) is 0.800. The van der Waals surface area contributed by atoms with Crippen molar-refractivity contribution in [2.24, 2.45) is 0 Å². The van der Waals surface area contributed by atoms with Crippen LogP contribution in [0.3, 0.4) is 0 Å². The molecule has 0 aliphatic rings. The average Bonchev–Trinajstić information content (AvgIpc) is 2.54. The van der Waals surface area contributed by atoms with Crippen molar-refractivity contribution in [1.29, 1.82) is 0 Å². The van der Waals surface area contributed by atoms with Crippen molar-refractivity contribution in [2.75, 3.05) is 20.3 Å². The summed E-state index contributed by atoms with van der Waals surface area (Å²) in [7, 11) is 1.65. The molecule has 0 bridgehead atoms. The molecule has 0 aromatic carbocycles. The molecule has 0 atom stereocenters. The van der Waals surface area contributed by atoms with Crippen LogP contribution in [0.5, 0.6) is 0 Å². The molecule has 1 aromatic rings. The maximum absolute atomic E-state index is 5.43. The second-order valence-corrected chi connectivity index (χ2v) is 4.88. The van der Waals surface area contributed by atoms with Gasteiger partial charge in [-0.05, 0) is 33.0 Å². The maximum atomic E-state index is 5.43. The SMILES string of the molecule is COCCOCc1n[nH]c(=S)n1C(C)(C)C. The number of nitrogens with one attached hydrogen (secondary N) is 1. The van der Waals surface area contributed by atoms with E-state index in [1.165, 1.54) is 0 Å². The zero-order valence-electron chi connectivity index (χ0n) is 10.2. The van der Waals surface area contributed by atoms with Crippen molar-refractivity contribution in [3.05, 3.63) is 10.6 Å². The van der Waals surface area contributed by atoms with Crippen LogP contribution < -0.4 is 0 Å². The molecule has 0 amide bonds. The van der Waals surface area contributed by atoms with Crippen molar-refractivity contribution in [3.8, 4) is 0 Å². The van der Waals surface area contributed by atoms with Gasteiger partial charge in [0.2, 0.25) is 0 Å². The number of rotatable bonds is 5. The fourth-order valence-electron chi connectivity index (χ4n) is 1.42. The molecule has 0 spiro atoms.